The van der Waals surface area contributed by atoms with Crippen LogP contribution in [0.5, 0.6) is 0 Å². The highest BCUT2D eigenvalue weighted by atomic mass is 16.2. The normalized spacial score (nSPS) is 22.4. The summed E-state index contributed by atoms with van der Waals surface area (Å²) < 4.78 is 0. The molecule has 2 aliphatic rings. The number of rotatable bonds is 3. The van der Waals surface area contributed by atoms with Crippen LogP contribution in [0.15, 0.2) is 54.7 Å². The van der Waals surface area contributed by atoms with Crippen LogP contribution in [0.4, 0.5) is 10.5 Å². The van der Waals surface area contributed by atoms with E-state index in [1.54, 1.807) is 6.20 Å². The summed E-state index contributed by atoms with van der Waals surface area (Å²) in [5.41, 5.74) is 1.69. The van der Waals surface area contributed by atoms with Gasteiger partial charge in [0.2, 0.25) is 5.91 Å². The zero-order valence-corrected chi connectivity index (χ0v) is 16.0. The lowest BCUT2D eigenvalue weighted by Gasteiger charge is -2.48. The van der Waals surface area contributed by atoms with E-state index in [2.05, 4.69) is 10.3 Å². The number of carbonyl (C=O) groups excluding carboxylic acids is 2. The van der Waals surface area contributed by atoms with E-state index in [9.17, 15) is 9.59 Å². The van der Waals surface area contributed by atoms with E-state index in [1.807, 2.05) is 58.3 Å². The molecule has 2 aliphatic heterocycles. The maximum absolute atomic E-state index is 12.8. The number of hydrogen-bond donors (Lipinski definition) is 1. The number of amides is 3. The van der Waals surface area contributed by atoms with E-state index in [0.29, 0.717) is 26.1 Å². The molecule has 1 aromatic carbocycles. The average Bonchev–Trinajstić information content (AvgIpc) is 2.73. The van der Waals surface area contributed by atoms with E-state index >= 15 is 0 Å². The number of benzene rings is 1. The Labute approximate surface area is 165 Å². The topological polar surface area (TPSA) is 65.5 Å². The van der Waals surface area contributed by atoms with E-state index < -0.39 is 0 Å². The highest BCUT2D eigenvalue weighted by molar-refractivity contribution is 5.89. The van der Waals surface area contributed by atoms with Crippen LogP contribution in [0.25, 0.3) is 0 Å². The zero-order chi connectivity index (χ0) is 19.4. The fourth-order valence-corrected chi connectivity index (χ4v) is 4.37. The van der Waals surface area contributed by atoms with Gasteiger partial charge in [0.25, 0.3) is 0 Å². The molecule has 1 spiro atoms. The van der Waals surface area contributed by atoms with Gasteiger partial charge in [-0.2, -0.15) is 0 Å². The van der Waals surface area contributed by atoms with Crippen molar-refractivity contribution in [3.63, 3.8) is 0 Å². The number of hydrogen-bond acceptors (Lipinski definition) is 3. The molecule has 6 heteroatoms. The van der Waals surface area contributed by atoms with Crippen LogP contribution in [-0.4, -0.2) is 46.4 Å². The minimum absolute atomic E-state index is 0.0189. The van der Waals surface area contributed by atoms with Crippen LogP contribution < -0.4 is 5.32 Å². The second-order valence-electron chi connectivity index (χ2n) is 7.89. The van der Waals surface area contributed by atoms with Crippen LogP contribution in [-0.2, 0) is 11.3 Å². The molecule has 0 bridgehead atoms. The Morgan fingerprint density at radius 1 is 1.07 bits per heavy atom. The standard InChI is InChI=1S/C22H26N4O2/c27-20-10-12-22(17-26(20)15-19-9-4-5-13-23-19)11-6-14-25(16-22)21(28)24-18-7-2-1-3-8-18/h1-5,7-9,13H,6,10-12,14-17H2,(H,24,28). The van der Waals surface area contributed by atoms with Crippen molar-refractivity contribution >= 4 is 17.6 Å². The molecule has 146 valence electrons. The minimum Gasteiger partial charge on any atom is -0.336 e. The Morgan fingerprint density at radius 3 is 2.68 bits per heavy atom. The third-order valence-electron chi connectivity index (χ3n) is 5.80. The Morgan fingerprint density at radius 2 is 1.89 bits per heavy atom. The lowest BCUT2D eigenvalue weighted by molar-refractivity contribution is -0.139. The SMILES string of the molecule is O=C1CCC2(CCCN(C(=O)Nc3ccccc3)C2)CN1Cc1ccccn1. The first-order chi connectivity index (χ1) is 13.6. The molecule has 0 aliphatic carbocycles. The summed E-state index contributed by atoms with van der Waals surface area (Å²) in [4.78, 5) is 33.4. The monoisotopic (exact) mass is 378 g/mol. The first kappa shape index (κ1) is 18.5. The molecular formula is C22H26N4O2. The maximum atomic E-state index is 12.8. The molecule has 1 atom stereocenters. The summed E-state index contributed by atoms with van der Waals surface area (Å²) in [6, 6.07) is 15.3. The molecule has 1 aromatic heterocycles. The van der Waals surface area contributed by atoms with Gasteiger partial charge >= 0.3 is 6.03 Å². The summed E-state index contributed by atoms with van der Waals surface area (Å²) in [5, 5.41) is 2.99. The summed E-state index contributed by atoms with van der Waals surface area (Å²) in [6.45, 7) is 2.68. The van der Waals surface area contributed by atoms with Crippen molar-refractivity contribution in [2.24, 2.45) is 5.41 Å². The highest BCUT2D eigenvalue weighted by Crippen LogP contribution is 2.39. The summed E-state index contributed by atoms with van der Waals surface area (Å²) in [6.07, 6.45) is 5.17. The first-order valence-electron chi connectivity index (χ1n) is 9.92. The lowest BCUT2D eigenvalue weighted by atomic mass is 9.73. The van der Waals surface area contributed by atoms with Gasteiger partial charge in [-0.25, -0.2) is 4.79 Å². The van der Waals surface area contributed by atoms with Gasteiger partial charge in [0.15, 0.2) is 0 Å². The number of carbonyl (C=O) groups is 2. The predicted octanol–water partition coefficient (Wildman–Crippen LogP) is 3.52. The number of aromatic nitrogens is 1. The fraction of sp³-hybridized carbons (Fsp3) is 0.409. The molecule has 6 nitrogen and oxygen atoms in total. The largest absolute Gasteiger partial charge is 0.336 e. The Bertz CT molecular complexity index is 827. The number of nitrogens with one attached hydrogen (secondary N) is 1. The fourth-order valence-electron chi connectivity index (χ4n) is 4.37. The molecule has 4 rings (SSSR count). The predicted molar refractivity (Wildman–Crippen MR) is 108 cm³/mol. The van der Waals surface area contributed by atoms with Gasteiger partial charge in [-0.3, -0.25) is 9.78 Å². The summed E-state index contributed by atoms with van der Waals surface area (Å²) in [7, 11) is 0. The summed E-state index contributed by atoms with van der Waals surface area (Å²) in [5.74, 6) is 0.183. The number of nitrogens with zero attached hydrogens (tertiary/aromatic N) is 3. The van der Waals surface area contributed by atoms with E-state index in [1.165, 1.54) is 0 Å². The van der Waals surface area contributed by atoms with Gasteiger partial charge in [-0.1, -0.05) is 24.3 Å². The number of piperidine rings is 2. The van der Waals surface area contributed by atoms with Crippen molar-refractivity contribution in [3.05, 3.63) is 60.4 Å². The van der Waals surface area contributed by atoms with Gasteiger partial charge in [0.05, 0.1) is 12.2 Å². The molecule has 2 aromatic rings. The molecule has 2 fully saturated rings. The van der Waals surface area contributed by atoms with Crippen molar-refractivity contribution in [3.8, 4) is 0 Å². The van der Waals surface area contributed by atoms with Crippen LogP contribution in [0.2, 0.25) is 0 Å². The molecule has 1 N–H and O–H groups in total. The molecule has 3 amide bonds. The van der Waals surface area contributed by atoms with Gasteiger partial charge in [-0.15, -0.1) is 0 Å². The number of likely N-dealkylation sites (tertiary alicyclic amines) is 2. The molecule has 1 unspecified atom stereocenters. The van der Waals surface area contributed by atoms with Gasteiger partial charge in [0.1, 0.15) is 0 Å². The smallest absolute Gasteiger partial charge is 0.321 e. The van der Waals surface area contributed by atoms with Gasteiger partial charge in [0, 0.05) is 43.4 Å². The van der Waals surface area contributed by atoms with Crippen molar-refractivity contribution in [1.82, 2.24) is 14.8 Å². The lowest BCUT2D eigenvalue weighted by Crippen LogP contribution is -2.55. The van der Waals surface area contributed by atoms with Crippen molar-refractivity contribution in [2.45, 2.75) is 32.2 Å². The average molecular weight is 378 g/mol. The number of urea groups is 1. The molecule has 0 saturated carbocycles. The molecule has 0 radical (unpaired) electrons. The number of pyridine rings is 1. The summed E-state index contributed by atoms with van der Waals surface area (Å²) >= 11 is 0. The molecule has 2 saturated heterocycles. The Balaban J connectivity index is 1.43. The van der Waals surface area contributed by atoms with Crippen LogP contribution in [0, 0.1) is 5.41 Å². The van der Waals surface area contributed by atoms with E-state index in [-0.39, 0.29) is 17.4 Å². The minimum atomic E-state index is -0.0570. The number of para-hydroxylation sites is 1. The Hall–Kier alpha value is -2.89. The molecular weight excluding hydrogens is 352 g/mol. The third-order valence-corrected chi connectivity index (χ3v) is 5.80. The van der Waals surface area contributed by atoms with Crippen LogP contribution in [0.3, 0.4) is 0 Å². The van der Waals surface area contributed by atoms with Crippen molar-refractivity contribution in [2.75, 3.05) is 25.0 Å². The number of anilines is 1. The van der Waals surface area contributed by atoms with E-state index in [4.69, 9.17) is 0 Å². The van der Waals surface area contributed by atoms with Crippen molar-refractivity contribution in [1.29, 1.82) is 0 Å². The van der Waals surface area contributed by atoms with Gasteiger partial charge < -0.3 is 15.1 Å². The quantitative estimate of drug-likeness (QED) is 0.889. The van der Waals surface area contributed by atoms with Crippen LogP contribution >= 0.6 is 0 Å². The second-order valence-corrected chi connectivity index (χ2v) is 7.89. The second kappa shape index (κ2) is 8.00. The van der Waals surface area contributed by atoms with E-state index in [0.717, 1.165) is 37.2 Å². The van der Waals surface area contributed by atoms with Gasteiger partial charge in [-0.05, 0) is 43.5 Å². The van der Waals surface area contributed by atoms with Crippen molar-refractivity contribution < 1.29 is 9.59 Å². The highest BCUT2D eigenvalue weighted by Gasteiger charge is 2.42. The maximum Gasteiger partial charge on any atom is 0.321 e. The first-order valence-corrected chi connectivity index (χ1v) is 9.92. The Kier molecular flexibility index (Phi) is 5.28. The third kappa shape index (κ3) is 4.16. The van der Waals surface area contributed by atoms with Crippen LogP contribution in [0.1, 0.15) is 31.4 Å². The molecule has 28 heavy (non-hydrogen) atoms. The zero-order valence-electron chi connectivity index (χ0n) is 16.0. The molecule has 3 heterocycles.